The van der Waals surface area contributed by atoms with Crippen molar-refractivity contribution in [1.29, 1.82) is 0 Å². The zero-order valence-electron chi connectivity index (χ0n) is 10.2. The second-order valence-corrected chi connectivity index (χ2v) is 3.41. The van der Waals surface area contributed by atoms with Crippen molar-refractivity contribution in [2.45, 2.75) is 40.3 Å². The molecule has 1 unspecified atom stereocenters. The summed E-state index contributed by atoms with van der Waals surface area (Å²) in [6, 6.07) is 8.27. The maximum Gasteiger partial charge on any atom is 0.0636 e. The third kappa shape index (κ3) is 6.26. The summed E-state index contributed by atoms with van der Waals surface area (Å²) in [5.74, 6) is 0. The molecule has 0 heterocycles. The smallest absolute Gasteiger partial charge is 0.0636 e. The SMILES string of the molecule is CC.Cc1ccccc1CNCC(C)O. The van der Waals surface area contributed by atoms with E-state index in [1.54, 1.807) is 6.92 Å². The Morgan fingerprint density at radius 3 is 2.40 bits per heavy atom. The molecule has 2 nitrogen and oxygen atoms in total. The van der Waals surface area contributed by atoms with Crippen molar-refractivity contribution in [2.24, 2.45) is 0 Å². The van der Waals surface area contributed by atoms with E-state index in [1.165, 1.54) is 11.1 Å². The topological polar surface area (TPSA) is 32.3 Å². The van der Waals surface area contributed by atoms with Crippen LogP contribution in [0.2, 0.25) is 0 Å². The van der Waals surface area contributed by atoms with Crippen LogP contribution in [0.15, 0.2) is 24.3 Å². The van der Waals surface area contributed by atoms with Gasteiger partial charge in [0, 0.05) is 13.1 Å². The number of rotatable bonds is 4. The third-order valence-corrected chi connectivity index (χ3v) is 2.02. The average molecular weight is 209 g/mol. The largest absolute Gasteiger partial charge is 0.392 e. The van der Waals surface area contributed by atoms with Crippen molar-refractivity contribution < 1.29 is 5.11 Å². The highest BCUT2D eigenvalue weighted by Gasteiger charge is 1.97. The molecule has 15 heavy (non-hydrogen) atoms. The first-order chi connectivity index (χ1) is 7.20. The Hall–Kier alpha value is -0.860. The zero-order valence-corrected chi connectivity index (χ0v) is 10.2. The Labute approximate surface area is 93.3 Å². The molecule has 0 bridgehead atoms. The summed E-state index contributed by atoms with van der Waals surface area (Å²) >= 11 is 0. The third-order valence-electron chi connectivity index (χ3n) is 2.02. The summed E-state index contributed by atoms with van der Waals surface area (Å²) in [6.07, 6.45) is -0.274. The molecule has 1 rings (SSSR count). The van der Waals surface area contributed by atoms with Crippen LogP contribution in [0, 0.1) is 6.92 Å². The summed E-state index contributed by atoms with van der Waals surface area (Å²) in [7, 11) is 0. The van der Waals surface area contributed by atoms with Gasteiger partial charge in [-0.2, -0.15) is 0 Å². The number of hydrogen-bond acceptors (Lipinski definition) is 2. The van der Waals surface area contributed by atoms with Crippen molar-refractivity contribution in [1.82, 2.24) is 5.32 Å². The lowest BCUT2D eigenvalue weighted by Gasteiger charge is -2.08. The lowest BCUT2D eigenvalue weighted by Crippen LogP contribution is -2.24. The minimum atomic E-state index is -0.274. The van der Waals surface area contributed by atoms with Crippen molar-refractivity contribution in [3.63, 3.8) is 0 Å². The van der Waals surface area contributed by atoms with Gasteiger partial charge in [-0.1, -0.05) is 38.1 Å². The first kappa shape index (κ1) is 14.1. The van der Waals surface area contributed by atoms with Gasteiger partial charge in [-0.05, 0) is 25.0 Å². The number of hydrogen-bond donors (Lipinski definition) is 2. The van der Waals surface area contributed by atoms with Gasteiger partial charge in [0.05, 0.1) is 6.10 Å². The summed E-state index contributed by atoms with van der Waals surface area (Å²) < 4.78 is 0. The Morgan fingerprint density at radius 2 is 1.87 bits per heavy atom. The van der Waals surface area contributed by atoms with Gasteiger partial charge in [0.1, 0.15) is 0 Å². The first-order valence-corrected chi connectivity index (χ1v) is 5.63. The van der Waals surface area contributed by atoms with Crippen LogP contribution < -0.4 is 5.32 Å². The molecule has 0 saturated carbocycles. The predicted octanol–water partition coefficient (Wildman–Crippen LogP) is 2.49. The highest BCUT2D eigenvalue weighted by atomic mass is 16.3. The Morgan fingerprint density at radius 1 is 1.27 bits per heavy atom. The molecule has 0 fully saturated rings. The fourth-order valence-electron chi connectivity index (χ4n) is 1.22. The lowest BCUT2D eigenvalue weighted by molar-refractivity contribution is 0.191. The molecular weight excluding hydrogens is 186 g/mol. The van der Waals surface area contributed by atoms with Crippen LogP contribution in [-0.2, 0) is 6.54 Å². The number of aryl methyl sites for hydroxylation is 1. The van der Waals surface area contributed by atoms with Crippen LogP contribution in [0.5, 0.6) is 0 Å². The van der Waals surface area contributed by atoms with E-state index in [1.807, 2.05) is 26.0 Å². The maximum absolute atomic E-state index is 9.04. The summed E-state index contributed by atoms with van der Waals surface area (Å²) in [5.41, 5.74) is 2.59. The van der Waals surface area contributed by atoms with E-state index in [4.69, 9.17) is 5.11 Å². The molecule has 2 N–H and O–H groups in total. The van der Waals surface area contributed by atoms with Crippen molar-refractivity contribution in [3.8, 4) is 0 Å². The number of aliphatic hydroxyl groups excluding tert-OH is 1. The van der Waals surface area contributed by atoms with Gasteiger partial charge in [0.2, 0.25) is 0 Å². The number of benzene rings is 1. The Bertz CT molecular complexity index is 258. The van der Waals surface area contributed by atoms with Crippen LogP contribution in [-0.4, -0.2) is 17.8 Å². The van der Waals surface area contributed by atoms with E-state index in [2.05, 4.69) is 24.4 Å². The molecule has 1 atom stereocenters. The van der Waals surface area contributed by atoms with Crippen LogP contribution in [0.4, 0.5) is 0 Å². The molecule has 2 heteroatoms. The van der Waals surface area contributed by atoms with E-state index in [0.717, 1.165) is 6.54 Å². The summed E-state index contributed by atoms with van der Waals surface area (Å²) in [6.45, 7) is 9.36. The Balaban J connectivity index is 0.000000921. The second-order valence-electron chi connectivity index (χ2n) is 3.41. The average Bonchev–Trinajstić information content (AvgIpc) is 2.23. The molecule has 1 aromatic rings. The molecule has 0 aromatic heterocycles. The first-order valence-electron chi connectivity index (χ1n) is 5.63. The van der Waals surface area contributed by atoms with Crippen molar-refractivity contribution in [3.05, 3.63) is 35.4 Å². The Kier molecular flexibility index (Phi) is 7.96. The summed E-state index contributed by atoms with van der Waals surface area (Å²) in [4.78, 5) is 0. The molecule has 0 radical (unpaired) electrons. The van der Waals surface area contributed by atoms with Crippen molar-refractivity contribution >= 4 is 0 Å². The molecule has 0 aliphatic carbocycles. The molecule has 0 aliphatic heterocycles. The zero-order chi connectivity index (χ0) is 11.7. The fourth-order valence-corrected chi connectivity index (χ4v) is 1.22. The minimum absolute atomic E-state index is 0.274. The van der Waals surface area contributed by atoms with Crippen molar-refractivity contribution in [2.75, 3.05) is 6.54 Å². The second kappa shape index (κ2) is 8.45. The molecule has 0 aliphatic rings. The van der Waals surface area contributed by atoms with Crippen LogP contribution >= 0.6 is 0 Å². The van der Waals surface area contributed by atoms with E-state index < -0.39 is 0 Å². The molecule has 0 saturated heterocycles. The normalized spacial score (nSPS) is 11.5. The highest BCUT2D eigenvalue weighted by molar-refractivity contribution is 5.25. The molecule has 0 spiro atoms. The van der Waals surface area contributed by atoms with E-state index in [-0.39, 0.29) is 6.10 Å². The van der Waals surface area contributed by atoms with Gasteiger partial charge in [-0.25, -0.2) is 0 Å². The molecular formula is C13H23NO. The fraction of sp³-hybridized carbons (Fsp3) is 0.538. The molecule has 86 valence electrons. The summed E-state index contributed by atoms with van der Waals surface area (Å²) in [5, 5.41) is 12.2. The quantitative estimate of drug-likeness (QED) is 0.798. The molecule has 1 aromatic carbocycles. The standard InChI is InChI=1S/C11H17NO.C2H6/c1-9-5-3-4-6-11(9)8-12-7-10(2)13;1-2/h3-6,10,12-13H,7-8H2,1-2H3;1-2H3. The molecule has 0 amide bonds. The minimum Gasteiger partial charge on any atom is -0.392 e. The van der Waals surface area contributed by atoms with E-state index in [0.29, 0.717) is 6.54 Å². The van der Waals surface area contributed by atoms with Gasteiger partial charge in [0.25, 0.3) is 0 Å². The van der Waals surface area contributed by atoms with Crippen LogP contribution in [0.25, 0.3) is 0 Å². The van der Waals surface area contributed by atoms with E-state index in [9.17, 15) is 0 Å². The van der Waals surface area contributed by atoms with Gasteiger partial charge in [0.15, 0.2) is 0 Å². The van der Waals surface area contributed by atoms with Gasteiger partial charge in [-0.15, -0.1) is 0 Å². The van der Waals surface area contributed by atoms with E-state index >= 15 is 0 Å². The predicted molar refractivity (Wildman–Crippen MR) is 65.9 cm³/mol. The van der Waals surface area contributed by atoms with Gasteiger partial charge < -0.3 is 10.4 Å². The number of aliphatic hydroxyl groups is 1. The van der Waals surface area contributed by atoms with Crippen LogP contribution in [0.1, 0.15) is 31.9 Å². The number of nitrogens with one attached hydrogen (secondary N) is 1. The van der Waals surface area contributed by atoms with Gasteiger partial charge >= 0.3 is 0 Å². The maximum atomic E-state index is 9.04. The van der Waals surface area contributed by atoms with Crippen LogP contribution in [0.3, 0.4) is 0 Å². The monoisotopic (exact) mass is 209 g/mol. The van der Waals surface area contributed by atoms with Gasteiger partial charge in [-0.3, -0.25) is 0 Å². The lowest BCUT2D eigenvalue weighted by atomic mass is 10.1. The highest BCUT2D eigenvalue weighted by Crippen LogP contribution is 2.05.